The van der Waals surface area contributed by atoms with Gasteiger partial charge in [-0.2, -0.15) is 0 Å². The van der Waals surface area contributed by atoms with Crippen LogP contribution in [0.5, 0.6) is 0 Å². The Labute approximate surface area is 397 Å². The molecular weight excluding hydrogens is 885 g/mol. The summed E-state index contributed by atoms with van der Waals surface area (Å²) in [6, 6.07) is 2.96. The third kappa shape index (κ3) is 14.9. The molecule has 0 aromatic carbocycles. The number of nitrogens with zero attached hydrogens (tertiary/aromatic N) is 10. The lowest BCUT2D eigenvalue weighted by atomic mass is 9.90. The van der Waals surface area contributed by atoms with E-state index in [4.69, 9.17) is 27.9 Å². The van der Waals surface area contributed by atoms with E-state index in [1.165, 1.54) is 70.1 Å². The van der Waals surface area contributed by atoms with Crippen molar-refractivity contribution in [2.24, 2.45) is 35.5 Å². The van der Waals surface area contributed by atoms with E-state index in [1.807, 2.05) is 6.92 Å². The number of ether oxygens (including phenoxy) is 1. The van der Waals surface area contributed by atoms with Gasteiger partial charge >= 0.3 is 6.09 Å². The molecule has 4 aliphatic rings. The van der Waals surface area contributed by atoms with Crippen molar-refractivity contribution in [3.8, 4) is 0 Å². The van der Waals surface area contributed by atoms with Crippen molar-refractivity contribution in [1.82, 2.24) is 29.9 Å². The molecule has 0 bridgehead atoms. The number of anilines is 3. The first-order valence-corrected chi connectivity index (χ1v) is 23.9. The summed E-state index contributed by atoms with van der Waals surface area (Å²) in [5, 5.41) is 25.0. The lowest BCUT2D eigenvalue weighted by Gasteiger charge is -2.32. The topological polar surface area (TPSA) is 208 Å². The lowest BCUT2D eigenvalue weighted by molar-refractivity contribution is -0.385. The van der Waals surface area contributed by atoms with E-state index in [1.54, 1.807) is 58.5 Å². The van der Waals surface area contributed by atoms with Crippen LogP contribution in [0.15, 0.2) is 49.3 Å². The number of aryl methyl sites for hydroxylation is 3. The van der Waals surface area contributed by atoms with Gasteiger partial charge in [-0.05, 0) is 139 Å². The molecule has 4 aromatic rings. The maximum absolute atomic E-state index is 11.5. The van der Waals surface area contributed by atoms with Crippen molar-refractivity contribution in [1.29, 1.82) is 0 Å². The molecule has 19 heteroatoms. The molecule has 4 fully saturated rings. The van der Waals surface area contributed by atoms with Crippen molar-refractivity contribution in [2.75, 3.05) is 41.3 Å². The Morgan fingerprint density at radius 3 is 1.61 bits per heavy atom. The summed E-state index contributed by atoms with van der Waals surface area (Å²) >= 11 is 11.7. The van der Waals surface area contributed by atoms with E-state index in [0.29, 0.717) is 15.6 Å². The predicted octanol–water partition coefficient (Wildman–Crippen LogP) is 11.0. The summed E-state index contributed by atoms with van der Waals surface area (Å²) in [4.78, 5) is 61.9. The monoisotopic (exact) mass is 947 g/mol. The molecule has 6 heterocycles. The average molecular weight is 949 g/mol. The van der Waals surface area contributed by atoms with Crippen LogP contribution in [0.1, 0.15) is 109 Å². The smallest absolute Gasteiger partial charge is 0.413 e. The van der Waals surface area contributed by atoms with E-state index in [9.17, 15) is 25.0 Å². The molecule has 2 aliphatic carbocycles. The Bertz CT molecular complexity index is 2250. The summed E-state index contributed by atoms with van der Waals surface area (Å²) in [5.74, 6) is 7.36. The highest BCUT2D eigenvalue weighted by Crippen LogP contribution is 2.51. The third-order valence-electron chi connectivity index (χ3n) is 12.9. The second-order valence-electron chi connectivity index (χ2n) is 19.0. The average Bonchev–Trinajstić information content (AvgIpc) is 4.22. The van der Waals surface area contributed by atoms with Crippen LogP contribution in [0.4, 0.5) is 33.9 Å². The number of piperidine rings is 2. The molecule has 17 nitrogen and oxygen atoms in total. The van der Waals surface area contributed by atoms with Gasteiger partial charge in [0.1, 0.15) is 23.8 Å². The normalized spacial score (nSPS) is 20.5. The van der Waals surface area contributed by atoms with Crippen LogP contribution in [0.25, 0.3) is 0 Å². The number of hydrogen-bond acceptors (Lipinski definition) is 14. The first-order chi connectivity index (χ1) is 31.5. The number of pyridine rings is 2. The van der Waals surface area contributed by atoms with Gasteiger partial charge in [-0.1, -0.05) is 43.0 Å². The number of nitrogens with one attached hydrogen (secondary N) is 1. The third-order valence-corrected chi connectivity index (χ3v) is 13.3. The fourth-order valence-electron chi connectivity index (χ4n) is 9.40. The summed E-state index contributed by atoms with van der Waals surface area (Å²) in [5.41, 5.74) is 1.74. The van der Waals surface area contributed by atoms with E-state index < -0.39 is 16.6 Å². The molecule has 2 saturated carbocycles. The second kappa shape index (κ2) is 22.9. The summed E-state index contributed by atoms with van der Waals surface area (Å²) < 4.78 is 5.05. The Morgan fingerprint density at radius 1 is 0.727 bits per heavy atom. The van der Waals surface area contributed by atoms with Crippen LogP contribution in [0.3, 0.4) is 0 Å². The summed E-state index contributed by atoms with van der Waals surface area (Å²) in [6.07, 6.45) is 22.4. The predicted molar refractivity (Wildman–Crippen MR) is 256 cm³/mol. The molecule has 0 radical (unpaired) electrons. The molecular formula is C47H63Cl2N11O6. The van der Waals surface area contributed by atoms with Gasteiger partial charge in [-0.25, -0.2) is 29.7 Å². The Kier molecular flexibility index (Phi) is 17.4. The van der Waals surface area contributed by atoms with Crippen LogP contribution in [-0.4, -0.2) is 77.6 Å². The zero-order valence-corrected chi connectivity index (χ0v) is 40.4. The second-order valence-corrected chi connectivity index (χ2v) is 19.9. The zero-order valence-electron chi connectivity index (χ0n) is 38.9. The van der Waals surface area contributed by atoms with Gasteiger partial charge in [-0.15, -0.1) is 0 Å². The highest BCUT2D eigenvalue weighted by molar-refractivity contribution is 6.30. The molecule has 8 rings (SSSR count). The van der Waals surface area contributed by atoms with Gasteiger partial charge < -0.3 is 14.5 Å². The van der Waals surface area contributed by atoms with Gasteiger partial charge in [0.05, 0.1) is 44.7 Å². The summed E-state index contributed by atoms with van der Waals surface area (Å²) in [6.45, 7) is 15.3. The number of halogens is 2. The van der Waals surface area contributed by atoms with E-state index in [-0.39, 0.29) is 22.1 Å². The molecule has 0 spiro atoms. The number of carbonyl (C=O) groups is 1. The highest BCUT2D eigenvalue weighted by atomic mass is 35.5. The first kappa shape index (κ1) is 50.1. The van der Waals surface area contributed by atoms with Crippen LogP contribution >= 0.6 is 23.2 Å². The molecule has 0 unspecified atom stereocenters. The number of amides is 1. The molecule has 4 atom stereocenters. The first-order valence-electron chi connectivity index (χ1n) is 23.1. The van der Waals surface area contributed by atoms with Crippen LogP contribution in [-0.2, 0) is 11.2 Å². The van der Waals surface area contributed by atoms with Gasteiger partial charge in [0, 0.05) is 44.0 Å². The van der Waals surface area contributed by atoms with E-state index >= 15 is 0 Å². The van der Waals surface area contributed by atoms with Gasteiger partial charge in [0.25, 0.3) is 11.4 Å². The SMILES string of the molecule is CCC[C@@H]1C[C@@H]1C1CCN(c2ncc(Cl)cn2)CC1.Cc1cc([N+](=O)[O-])cnc1CCC[C@@H]1C[C@@H]1C1CCN(c2ncc(Cl)cn2)CC1.Cc1cc([N+](=O)[O-])cnc1NC(=O)OC(C)(C)C. The van der Waals surface area contributed by atoms with Crippen molar-refractivity contribution in [3.05, 3.63) is 96.4 Å². The molecule has 2 saturated heterocycles. The fraction of sp³-hybridized carbons (Fsp3) is 0.596. The molecule has 1 amide bonds. The summed E-state index contributed by atoms with van der Waals surface area (Å²) in [7, 11) is 0. The molecule has 356 valence electrons. The Hall–Kier alpha value is -5.29. The highest BCUT2D eigenvalue weighted by Gasteiger charge is 2.44. The minimum atomic E-state index is -0.646. The number of nitro groups is 2. The molecule has 66 heavy (non-hydrogen) atoms. The number of aromatic nitrogens is 6. The Morgan fingerprint density at radius 2 is 1.18 bits per heavy atom. The van der Waals surface area contributed by atoms with E-state index in [0.717, 1.165) is 104 Å². The van der Waals surface area contributed by atoms with Crippen molar-refractivity contribution in [2.45, 2.75) is 118 Å². The standard InChI is InChI=1S/C21H26ClN5O2.C15H22ClN3.C11H15N3O4/c1-14-9-18(27(28)29)13-23-20(14)4-2-3-16-10-19(16)15-5-7-26(8-6-15)21-24-11-17(22)12-25-21;1-2-3-12-8-14(12)11-4-6-19(7-5-11)15-17-9-13(16)10-18-15;1-7-5-8(14(16)17)6-12-9(7)13-10(15)18-11(2,3)4/h9,11-13,15-16,19H,2-8,10H2,1H3;9-12,14H,2-8H2,1H3;5-6H,1-4H3,(H,12,13,15)/t16-,19-;12-,14-;/m11./s1. The molecule has 4 aromatic heterocycles. The number of rotatable bonds is 13. The number of hydrogen-bond donors (Lipinski definition) is 1. The van der Waals surface area contributed by atoms with Gasteiger partial charge in [-0.3, -0.25) is 30.5 Å². The fourth-order valence-corrected chi connectivity index (χ4v) is 9.59. The maximum Gasteiger partial charge on any atom is 0.413 e. The Balaban J connectivity index is 0.000000171. The van der Waals surface area contributed by atoms with Gasteiger partial charge in [0.2, 0.25) is 11.9 Å². The lowest BCUT2D eigenvalue weighted by Crippen LogP contribution is -2.35. The molecule has 1 N–H and O–H groups in total. The van der Waals surface area contributed by atoms with Crippen LogP contribution in [0, 0.1) is 69.6 Å². The minimum Gasteiger partial charge on any atom is -0.444 e. The minimum absolute atomic E-state index is 0.0730. The van der Waals surface area contributed by atoms with Crippen molar-refractivity contribution < 1.29 is 19.4 Å². The van der Waals surface area contributed by atoms with Crippen LogP contribution in [0.2, 0.25) is 10.0 Å². The van der Waals surface area contributed by atoms with Gasteiger partial charge in [0.15, 0.2) is 0 Å². The quantitative estimate of drug-likeness (QED) is 0.0977. The maximum atomic E-state index is 11.5. The van der Waals surface area contributed by atoms with Crippen molar-refractivity contribution in [3.63, 3.8) is 0 Å². The number of carbonyl (C=O) groups excluding carboxylic acids is 1. The zero-order chi connectivity index (χ0) is 47.5. The molecule has 2 aliphatic heterocycles. The van der Waals surface area contributed by atoms with Crippen LogP contribution < -0.4 is 15.1 Å². The largest absolute Gasteiger partial charge is 0.444 e. The van der Waals surface area contributed by atoms with E-state index in [2.05, 4.69) is 51.9 Å². The van der Waals surface area contributed by atoms with Crippen molar-refractivity contribution >= 4 is 58.4 Å².